The van der Waals surface area contributed by atoms with Crippen molar-refractivity contribution in [3.8, 4) is 0 Å². The minimum absolute atomic E-state index is 0. The van der Waals surface area contributed by atoms with Crippen LogP contribution < -0.4 is 5.73 Å². The SMILES string of the molecule is CC(C)(C)n1nc(C(=O)N2CCC(N)CC2)cc1C1CC1.Cl. The number of nitrogens with zero attached hydrogens (tertiary/aromatic N) is 3. The molecule has 0 unspecified atom stereocenters. The van der Waals surface area contributed by atoms with E-state index in [1.807, 2.05) is 15.6 Å². The van der Waals surface area contributed by atoms with Crippen molar-refractivity contribution in [2.45, 2.75) is 64.0 Å². The quantitative estimate of drug-likeness (QED) is 0.908. The van der Waals surface area contributed by atoms with Gasteiger partial charge >= 0.3 is 0 Å². The van der Waals surface area contributed by atoms with E-state index in [0.717, 1.165) is 25.9 Å². The average molecular weight is 327 g/mol. The lowest BCUT2D eigenvalue weighted by Crippen LogP contribution is -2.43. The van der Waals surface area contributed by atoms with Crippen molar-refractivity contribution in [2.75, 3.05) is 13.1 Å². The molecular weight excluding hydrogens is 300 g/mol. The Morgan fingerprint density at radius 1 is 1.23 bits per heavy atom. The molecule has 1 aliphatic carbocycles. The molecule has 2 aliphatic rings. The van der Waals surface area contributed by atoms with Crippen LogP contribution in [0.5, 0.6) is 0 Å². The number of halogens is 1. The zero-order valence-corrected chi connectivity index (χ0v) is 14.5. The smallest absolute Gasteiger partial charge is 0.274 e. The number of rotatable bonds is 2. The average Bonchev–Trinajstić information content (AvgIpc) is 3.16. The molecule has 22 heavy (non-hydrogen) atoms. The molecule has 1 amide bonds. The van der Waals surface area contributed by atoms with Gasteiger partial charge in [0.1, 0.15) is 0 Å². The van der Waals surface area contributed by atoms with Crippen molar-refractivity contribution in [3.05, 3.63) is 17.5 Å². The second-order valence-electron chi connectivity index (χ2n) is 7.44. The third-order valence-electron chi connectivity index (χ3n) is 4.41. The van der Waals surface area contributed by atoms with Gasteiger partial charge in [0.05, 0.1) is 5.54 Å². The van der Waals surface area contributed by atoms with Gasteiger partial charge < -0.3 is 10.6 Å². The van der Waals surface area contributed by atoms with Crippen LogP contribution in [0.4, 0.5) is 0 Å². The first-order valence-electron chi connectivity index (χ1n) is 8.01. The number of amides is 1. The fourth-order valence-corrected chi connectivity index (χ4v) is 2.97. The minimum Gasteiger partial charge on any atom is -0.337 e. The molecule has 0 atom stereocenters. The summed E-state index contributed by atoms with van der Waals surface area (Å²) in [5, 5.41) is 4.63. The number of hydrogen-bond acceptors (Lipinski definition) is 3. The summed E-state index contributed by atoms with van der Waals surface area (Å²) in [5.41, 5.74) is 7.65. The van der Waals surface area contributed by atoms with Crippen molar-refractivity contribution in [1.29, 1.82) is 0 Å². The van der Waals surface area contributed by atoms with Crippen LogP contribution in [0.2, 0.25) is 0 Å². The zero-order chi connectivity index (χ0) is 15.2. The summed E-state index contributed by atoms with van der Waals surface area (Å²) < 4.78 is 2.05. The standard InChI is InChI=1S/C16H26N4O.ClH/c1-16(2,3)20-14(11-4-5-11)10-13(18-20)15(21)19-8-6-12(17)7-9-19;/h10-12H,4-9,17H2,1-3H3;1H. The topological polar surface area (TPSA) is 64.2 Å². The third kappa shape index (κ3) is 3.46. The maximum Gasteiger partial charge on any atom is 0.274 e. The van der Waals surface area contributed by atoms with E-state index in [4.69, 9.17) is 5.73 Å². The second kappa shape index (κ2) is 6.20. The predicted molar refractivity (Wildman–Crippen MR) is 89.6 cm³/mol. The molecule has 1 aromatic rings. The monoisotopic (exact) mass is 326 g/mol. The fraction of sp³-hybridized carbons (Fsp3) is 0.750. The van der Waals surface area contributed by atoms with Crippen LogP contribution in [0.15, 0.2) is 6.07 Å². The Balaban J connectivity index is 0.00000176. The highest BCUT2D eigenvalue weighted by Crippen LogP contribution is 2.41. The number of aromatic nitrogens is 2. The van der Waals surface area contributed by atoms with Gasteiger partial charge in [-0.05, 0) is 52.5 Å². The molecule has 2 N–H and O–H groups in total. The van der Waals surface area contributed by atoms with Crippen LogP contribution in [-0.2, 0) is 5.54 Å². The van der Waals surface area contributed by atoms with Gasteiger partial charge in [0.25, 0.3) is 5.91 Å². The summed E-state index contributed by atoms with van der Waals surface area (Å²) in [7, 11) is 0. The molecule has 3 rings (SSSR count). The van der Waals surface area contributed by atoms with E-state index in [2.05, 4.69) is 25.9 Å². The van der Waals surface area contributed by atoms with Gasteiger partial charge in [-0.3, -0.25) is 9.48 Å². The lowest BCUT2D eigenvalue weighted by molar-refractivity contribution is 0.0707. The molecule has 2 fully saturated rings. The number of hydrogen-bond donors (Lipinski definition) is 1. The lowest BCUT2D eigenvalue weighted by atomic mass is 10.1. The van der Waals surface area contributed by atoms with Crippen molar-refractivity contribution in [2.24, 2.45) is 5.73 Å². The number of piperidine rings is 1. The summed E-state index contributed by atoms with van der Waals surface area (Å²) in [6, 6.07) is 2.25. The highest BCUT2D eigenvalue weighted by atomic mass is 35.5. The van der Waals surface area contributed by atoms with E-state index < -0.39 is 0 Å². The maximum absolute atomic E-state index is 12.7. The number of carbonyl (C=O) groups is 1. The highest BCUT2D eigenvalue weighted by molar-refractivity contribution is 5.92. The molecule has 124 valence electrons. The Bertz CT molecular complexity index is 537. The molecule has 1 aliphatic heterocycles. The van der Waals surface area contributed by atoms with Crippen LogP contribution in [0.1, 0.15) is 68.6 Å². The summed E-state index contributed by atoms with van der Waals surface area (Å²) >= 11 is 0. The third-order valence-corrected chi connectivity index (χ3v) is 4.41. The molecule has 5 nitrogen and oxygen atoms in total. The van der Waals surface area contributed by atoms with Gasteiger partial charge in [0, 0.05) is 30.7 Å². The van der Waals surface area contributed by atoms with Gasteiger partial charge in [-0.1, -0.05) is 0 Å². The molecule has 1 aromatic heterocycles. The molecule has 1 saturated carbocycles. The molecule has 0 spiro atoms. The van der Waals surface area contributed by atoms with E-state index in [1.165, 1.54) is 18.5 Å². The Hall–Kier alpha value is -1.07. The normalized spacial score (nSPS) is 19.9. The molecular formula is C16H27ClN4O. The van der Waals surface area contributed by atoms with Crippen molar-refractivity contribution < 1.29 is 4.79 Å². The summed E-state index contributed by atoms with van der Waals surface area (Å²) in [6.45, 7) is 7.92. The Morgan fingerprint density at radius 3 is 2.32 bits per heavy atom. The molecule has 1 saturated heterocycles. The number of nitrogens with two attached hydrogens (primary N) is 1. The number of carbonyl (C=O) groups excluding carboxylic acids is 1. The molecule has 0 bridgehead atoms. The van der Waals surface area contributed by atoms with E-state index in [9.17, 15) is 4.79 Å². The number of likely N-dealkylation sites (tertiary alicyclic amines) is 1. The van der Waals surface area contributed by atoms with Crippen LogP contribution in [-0.4, -0.2) is 39.7 Å². The first-order chi connectivity index (χ1) is 9.86. The summed E-state index contributed by atoms with van der Waals surface area (Å²) in [6.07, 6.45) is 4.21. The maximum atomic E-state index is 12.7. The van der Waals surface area contributed by atoms with Gasteiger partial charge in [-0.2, -0.15) is 5.10 Å². The second-order valence-corrected chi connectivity index (χ2v) is 7.44. The summed E-state index contributed by atoms with van der Waals surface area (Å²) in [5.74, 6) is 0.653. The highest BCUT2D eigenvalue weighted by Gasteiger charge is 2.33. The van der Waals surface area contributed by atoms with Gasteiger partial charge in [-0.15, -0.1) is 12.4 Å². The van der Waals surface area contributed by atoms with Crippen LogP contribution in [0, 0.1) is 0 Å². The van der Waals surface area contributed by atoms with Crippen LogP contribution >= 0.6 is 12.4 Å². The molecule has 2 heterocycles. The molecule has 6 heteroatoms. The van der Waals surface area contributed by atoms with Crippen molar-refractivity contribution >= 4 is 18.3 Å². The van der Waals surface area contributed by atoms with Crippen molar-refractivity contribution in [1.82, 2.24) is 14.7 Å². The van der Waals surface area contributed by atoms with E-state index in [1.54, 1.807) is 0 Å². The van der Waals surface area contributed by atoms with Crippen LogP contribution in [0.3, 0.4) is 0 Å². The van der Waals surface area contributed by atoms with E-state index in [-0.39, 0.29) is 29.9 Å². The Morgan fingerprint density at radius 2 is 1.82 bits per heavy atom. The van der Waals surface area contributed by atoms with E-state index in [0.29, 0.717) is 11.6 Å². The molecule has 0 aromatic carbocycles. The lowest BCUT2D eigenvalue weighted by Gasteiger charge is -2.29. The minimum atomic E-state index is -0.0826. The predicted octanol–water partition coefficient (Wildman–Crippen LogP) is 2.50. The van der Waals surface area contributed by atoms with E-state index >= 15 is 0 Å². The van der Waals surface area contributed by atoms with Gasteiger partial charge in [-0.25, -0.2) is 0 Å². The van der Waals surface area contributed by atoms with Crippen molar-refractivity contribution in [3.63, 3.8) is 0 Å². The van der Waals surface area contributed by atoms with Gasteiger partial charge in [0.15, 0.2) is 5.69 Å². The Labute approximate surface area is 138 Å². The summed E-state index contributed by atoms with van der Waals surface area (Å²) in [4.78, 5) is 14.5. The van der Waals surface area contributed by atoms with Crippen LogP contribution in [0.25, 0.3) is 0 Å². The Kier molecular flexibility index (Phi) is 4.87. The molecule has 0 radical (unpaired) electrons. The fourth-order valence-electron chi connectivity index (χ4n) is 2.97. The van der Waals surface area contributed by atoms with Gasteiger partial charge in [0.2, 0.25) is 0 Å². The first kappa shape index (κ1) is 17.3. The zero-order valence-electron chi connectivity index (χ0n) is 13.7. The largest absolute Gasteiger partial charge is 0.337 e. The first-order valence-corrected chi connectivity index (χ1v) is 8.01.